The summed E-state index contributed by atoms with van der Waals surface area (Å²) in [6.07, 6.45) is 2.14. The van der Waals surface area contributed by atoms with Crippen LogP contribution in [-0.4, -0.2) is 28.3 Å². The van der Waals surface area contributed by atoms with E-state index in [1.54, 1.807) is 0 Å². The van der Waals surface area contributed by atoms with Crippen LogP contribution in [0.2, 0.25) is 5.02 Å². The largest absolute Gasteiger partial charge is 0.311 e. The van der Waals surface area contributed by atoms with Gasteiger partial charge in [0.1, 0.15) is 0 Å². The SMILES string of the molecule is CCn1nc(C)c(Cl)c1CNCC(C)CSC. The summed E-state index contributed by atoms with van der Waals surface area (Å²) in [4.78, 5) is 0. The van der Waals surface area contributed by atoms with Gasteiger partial charge in [-0.15, -0.1) is 0 Å². The maximum absolute atomic E-state index is 6.24. The quantitative estimate of drug-likeness (QED) is 0.830. The summed E-state index contributed by atoms with van der Waals surface area (Å²) in [7, 11) is 0. The van der Waals surface area contributed by atoms with E-state index >= 15 is 0 Å². The van der Waals surface area contributed by atoms with Crippen LogP contribution in [0.1, 0.15) is 25.2 Å². The summed E-state index contributed by atoms with van der Waals surface area (Å²) in [5.74, 6) is 1.87. The molecule has 0 aliphatic heterocycles. The maximum Gasteiger partial charge on any atom is 0.0860 e. The monoisotopic (exact) mass is 275 g/mol. The molecule has 0 radical (unpaired) electrons. The molecule has 0 bridgehead atoms. The van der Waals surface area contributed by atoms with Crippen molar-refractivity contribution in [2.24, 2.45) is 5.92 Å². The molecule has 17 heavy (non-hydrogen) atoms. The Balaban J connectivity index is 2.51. The van der Waals surface area contributed by atoms with Gasteiger partial charge < -0.3 is 5.32 Å². The molecular weight excluding hydrogens is 254 g/mol. The average Bonchev–Trinajstić information content (AvgIpc) is 2.57. The fraction of sp³-hybridized carbons (Fsp3) is 0.750. The molecular formula is C12H22ClN3S. The van der Waals surface area contributed by atoms with Crippen LogP contribution in [0.25, 0.3) is 0 Å². The Labute approximate surface area is 113 Å². The first-order valence-corrected chi connectivity index (χ1v) is 7.78. The number of nitrogens with one attached hydrogen (secondary N) is 1. The third-order valence-electron chi connectivity index (χ3n) is 2.69. The summed E-state index contributed by atoms with van der Waals surface area (Å²) in [5, 5.41) is 8.66. The van der Waals surface area contributed by atoms with Crippen molar-refractivity contribution in [2.75, 3.05) is 18.6 Å². The van der Waals surface area contributed by atoms with E-state index in [0.29, 0.717) is 5.92 Å². The van der Waals surface area contributed by atoms with E-state index in [2.05, 4.69) is 30.5 Å². The molecule has 0 spiro atoms. The first kappa shape index (κ1) is 14.9. The fourth-order valence-corrected chi connectivity index (χ4v) is 2.71. The third kappa shape index (κ3) is 4.19. The molecule has 1 heterocycles. The van der Waals surface area contributed by atoms with Gasteiger partial charge in [0, 0.05) is 13.1 Å². The second kappa shape index (κ2) is 7.29. The molecule has 0 saturated carbocycles. The molecule has 5 heteroatoms. The molecule has 1 rings (SSSR count). The Morgan fingerprint density at radius 2 is 2.24 bits per heavy atom. The molecule has 0 aliphatic carbocycles. The summed E-state index contributed by atoms with van der Waals surface area (Å²) in [5.41, 5.74) is 2.02. The van der Waals surface area contributed by atoms with Gasteiger partial charge in [-0.25, -0.2) is 0 Å². The lowest BCUT2D eigenvalue weighted by Gasteiger charge is -2.12. The van der Waals surface area contributed by atoms with Gasteiger partial charge in [0.2, 0.25) is 0 Å². The lowest BCUT2D eigenvalue weighted by Crippen LogP contribution is -2.23. The molecule has 1 aromatic heterocycles. The van der Waals surface area contributed by atoms with E-state index in [4.69, 9.17) is 11.6 Å². The predicted octanol–water partition coefficient (Wildman–Crippen LogP) is 2.95. The Morgan fingerprint density at radius 3 is 2.82 bits per heavy atom. The summed E-state index contributed by atoms with van der Waals surface area (Å²) in [6, 6.07) is 0. The zero-order chi connectivity index (χ0) is 12.8. The molecule has 0 saturated heterocycles. The Hall–Kier alpha value is -0.190. The zero-order valence-electron chi connectivity index (χ0n) is 11.1. The molecule has 3 nitrogen and oxygen atoms in total. The van der Waals surface area contributed by atoms with Crippen LogP contribution in [0.5, 0.6) is 0 Å². The minimum Gasteiger partial charge on any atom is -0.311 e. The minimum absolute atomic E-state index is 0.683. The van der Waals surface area contributed by atoms with Crippen LogP contribution in [0.15, 0.2) is 0 Å². The van der Waals surface area contributed by atoms with Crippen molar-refractivity contribution in [3.63, 3.8) is 0 Å². The molecule has 0 amide bonds. The van der Waals surface area contributed by atoms with Crippen molar-refractivity contribution in [1.82, 2.24) is 15.1 Å². The molecule has 1 aromatic rings. The second-order valence-corrected chi connectivity index (χ2v) is 5.64. The highest BCUT2D eigenvalue weighted by atomic mass is 35.5. The van der Waals surface area contributed by atoms with Crippen molar-refractivity contribution in [1.29, 1.82) is 0 Å². The number of aromatic nitrogens is 2. The molecule has 0 aromatic carbocycles. The van der Waals surface area contributed by atoms with Gasteiger partial charge in [-0.2, -0.15) is 16.9 Å². The van der Waals surface area contributed by atoms with Gasteiger partial charge in [-0.1, -0.05) is 18.5 Å². The van der Waals surface area contributed by atoms with E-state index in [9.17, 15) is 0 Å². The van der Waals surface area contributed by atoms with E-state index in [1.165, 1.54) is 5.75 Å². The highest BCUT2D eigenvalue weighted by molar-refractivity contribution is 7.98. The van der Waals surface area contributed by atoms with Crippen molar-refractivity contribution in [3.05, 3.63) is 16.4 Å². The number of halogens is 1. The van der Waals surface area contributed by atoms with Crippen molar-refractivity contribution in [2.45, 2.75) is 33.9 Å². The van der Waals surface area contributed by atoms with E-state index in [-0.39, 0.29) is 0 Å². The molecule has 1 N–H and O–H groups in total. The lowest BCUT2D eigenvalue weighted by molar-refractivity contribution is 0.529. The van der Waals surface area contributed by atoms with Gasteiger partial charge in [-0.3, -0.25) is 4.68 Å². The summed E-state index contributed by atoms with van der Waals surface area (Å²) >= 11 is 8.13. The first-order chi connectivity index (χ1) is 8.10. The van der Waals surface area contributed by atoms with E-state index in [0.717, 1.165) is 36.0 Å². The van der Waals surface area contributed by atoms with E-state index < -0.39 is 0 Å². The normalized spacial score (nSPS) is 13.0. The first-order valence-electron chi connectivity index (χ1n) is 6.01. The number of rotatable bonds is 7. The summed E-state index contributed by atoms with van der Waals surface area (Å²) < 4.78 is 1.98. The summed E-state index contributed by atoms with van der Waals surface area (Å²) in [6.45, 7) is 8.98. The highest BCUT2D eigenvalue weighted by Crippen LogP contribution is 2.20. The topological polar surface area (TPSA) is 29.9 Å². The number of thioether (sulfide) groups is 1. The van der Waals surface area contributed by atoms with Crippen LogP contribution in [0, 0.1) is 12.8 Å². The number of hydrogen-bond donors (Lipinski definition) is 1. The van der Waals surface area contributed by atoms with Gasteiger partial charge in [-0.05, 0) is 38.3 Å². The second-order valence-electron chi connectivity index (χ2n) is 4.35. The smallest absolute Gasteiger partial charge is 0.0860 e. The van der Waals surface area contributed by atoms with Gasteiger partial charge in [0.25, 0.3) is 0 Å². The lowest BCUT2D eigenvalue weighted by atomic mass is 10.2. The van der Waals surface area contributed by atoms with Crippen LogP contribution in [0.3, 0.4) is 0 Å². The Bertz CT molecular complexity index is 352. The highest BCUT2D eigenvalue weighted by Gasteiger charge is 2.12. The predicted molar refractivity (Wildman–Crippen MR) is 76.9 cm³/mol. The third-order valence-corrected chi connectivity index (χ3v) is 4.08. The number of nitrogens with zero attached hydrogens (tertiary/aromatic N) is 2. The Morgan fingerprint density at radius 1 is 1.53 bits per heavy atom. The molecule has 1 atom stereocenters. The van der Waals surface area contributed by atoms with E-state index in [1.807, 2.05) is 23.4 Å². The van der Waals surface area contributed by atoms with Crippen molar-refractivity contribution in [3.8, 4) is 0 Å². The zero-order valence-corrected chi connectivity index (χ0v) is 12.7. The Kier molecular flexibility index (Phi) is 6.38. The average molecular weight is 276 g/mol. The number of aryl methyl sites for hydroxylation is 2. The molecule has 1 unspecified atom stereocenters. The van der Waals surface area contributed by atoms with Gasteiger partial charge >= 0.3 is 0 Å². The van der Waals surface area contributed by atoms with Crippen molar-refractivity contribution >= 4 is 23.4 Å². The fourth-order valence-electron chi connectivity index (χ4n) is 1.82. The minimum atomic E-state index is 0.683. The molecule has 98 valence electrons. The standard InChI is InChI=1S/C12H22ClN3S/c1-5-16-11(12(13)10(3)15-16)7-14-6-9(2)8-17-4/h9,14H,5-8H2,1-4H3. The van der Waals surface area contributed by atoms with Crippen LogP contribution < -0.4 is 5.32 Å². The maximum atomic E-state index is 6.24. The van der Waals surface area contributed by atoms with Gasteiger partial charge in [0.15, 0.2) is 0 Å². The van der Waals surface area contributed by atoms with Crippen LogP contribution in [-0.2, 0) is 13.1 Å². The van der Waals surface area contributed by atoms with Crippen LogP contribution >= 0.6 is 23.4 Å². The van der Waals surface area contributed by atoms with Crippen LogP contribution in [0.4, 0.5) is 0 Å². The molecule has 0 fully saturated rings. The molecule has 0 aliphatic rings. The van der Waals surface area contributed by atoms with Gasteiger partial charge in [0.05, 0.1) is 16.4 Å². The number of hydrogen-bond acceptors (Lipinski definition) is 3. The van der Waals surface area contributed by atoms with Crippen molar-refractivity contribution < 1.29 is 0 Å².